The van der Waals surface area contributed by atoms with Gasteiger partial charge in [0.1, 0.15) is 0 Å². The summed E-state index contributed by atoms with van der Waals surface area (Å²) in [5.74, 6) is -1.05. The number of nitrogens with zero attached hydrogens (tertiary/aromatic N) is 1. The number of pyridine rings is 1. The van der Waals surface area contributed by atoms with Crippen molar-refractivity contribution in [3.63, 3.8) is 0 Å². The Labute approximate surface area is 124 Å². The van der Waals surface area contributed by atoms with Crippen LogP contribution in [-0.4, -0.2) is 28.5 Å². The molecule has 1 aliphatic rings. The van der Waals surface area contributed by atoms with Crippen molar-refractivity contribution in [1.82, 2.24) is 10.3 Å². The summed E-state index contributed by atoms with van der Waals surface area (Å²) in [4.78, 5) is 27.8. The van der Waals surface area contributed by atoms with E-state index in [-0.39, 0.29) is 12.5 Å². The molecule has 0 unspecified atom stereocenters. The highest BCUT2D eigenvalue weighted by molar-refractivity contribution is 5.94. The Bertz CT molecular complexity index is 520. The Morgan fingerprint density at radius 2 is 1.90 bits per heavy atom. The molecule has 1 aliphatic carbocycles. The molecule has 21 heavy (non-hydrogen) atoms. The molecular weight excluding hydrogens is 268 g/mol. The minimum absolute atomic E-state index is 0.190. The normalized spacial score (nSPS) is 17.8. The van der Waals surface area contributed by atoms with E-state index in [4.69, 9.17) is 0 Å². The second-order valence-corrected chi connectivity index (χ2v) is 5.93. The van der Waals surface area contributed by atoms with Crippen LogP contribution in [0.2, 0.25) is 0 Å². The number of amides is 1. The summed E-state index contributed by atoms with van der Waals surface area (Å²) in [6.07, 6.45) is 8.42. The van der Waals surface area contributed by atoms with E-state index < -0.39 is 11.4 Å². The van der Waals surface area contributed by atoms with Gasteiger partial charge < -0.3 is 10.4 Å². The fourth-order valence-electron chi connectivity index (χ4n) is 2.90. The van der Waals surface area contributed by atoms with E-state index in [0.717, 1.165) is 31.2 Å². The van der Waals surface area contributed by atoms with E-state index in [1.807, 2.05) is 6.92 Å². The summed E-state index contributed by atoms with van der Waals surface area (Å²) in [6, 6.07) is 1.75. The topological polar surface area (TPSA) is 79.3 Å². The number of carbonyl (C=O) groups excluding carboxylic acids is 1. The Morgan fingerprint density at radius 3 is 2.48 bits per heavy atom. The van der Waals surface area contributed by atoms with Crippen molar-refractivity contribution in [2.24, 2.45) is 5.41 Å². The molecule has 0 radical (unpaired) electrons. The highest BCUT2D eigenvalue weighted by Gasteiger charge is 2.38. The van der Waals surface area contributed by atoms with Crippen LogP contribution in [0.15, 0.2) is 18.5 Å². The molecule has 0 aliphatic heterocycles. The number of carboxylic acid groups (broad SMARTS) is 1. The highest BCUT2D eigenvalue weighted by atomic mass is 16.4. The second-order valence-electron chi connectivity index (χ2n) is 5.93. The number of aromatic nitrogens is 1. The van der Waals surface area contributed by atoms with E-state index in [9.17, 15) is 14.7 Å². The van der Waals surface area contributed by atoms with Crippen LogP contribution in [0.3, 0.4) is 0 Å². The number of hydrogen-bond donors (Lipinski definition) is 2. The molecule has 1 amide bonds. The van der Waals surface area contributed by atoms with E-state index in [1.54, 1.807) is 12.3 Å². The van der Waals surface area contributed by atoms with Gasteiger partial charge in [-0.05, 0) is 31.4 Å². The number of carbonyl (C=O) groups is 2. The summed E-state index contributed by atoms with van der Waals surface area (Å²) in [5.41, 5.74) is 0.567. The lowest BCUT2D eigenvalue weighted by Gasteiger charge is -2.28. The molecule has 5 heteroatoms. The molecule has 0 aromatic carbocycles. The molecule has 0 spiro atoms. The predicted octanol–water partition coefficient (Wildman–Crippen LogP) is 2.55. The van der Waals surface area contributed by atoms with Crippen molar-refractivity contribution in [3.05, 3.63) is 29.6 Å². The molecule has 0 atom stereocenters. The van der Waals surface area contributed by atoms with Crippen LogP contribution >= 0.6 is 0 Å². The van der Waals surface area contributed by atoms with Gasteiger partial charge in [-0.15, -0.1) is 0 Å². The fraction of sp³-hybridized carbons (Fsp3) is 0.562. The summed E-state index contributed by atoms with van der Waals surface area (Å²) >= 11 is 0. The van der Waals surface area contributed by atoms with Gasteiger partial charge in [0.15, 0.2) is 0 Å². The monoisotopic (exact) mass is 290 g/mol. The van der Waals surface area contributed by atoms with Crippen LogP contribution in [0.4, 0.5) is 0 Å². The molecule has 2 rings (SSSR count). The molecular formula is C16H22N2O3. The highest BCUT2D eigenvalue weighted by Crippen LogP contribution is 2.34. The lowest BCUT2D eigenvalue weighted by molar-refractivity contribution is -0.149. The maximum atomic E-state index is 12.1. The Kier molecular flexibility index (Phi) is 4.94. The van der Waals surface area contributed by atoms with Crippen LogP contribution in [-0.2, 0) is 4.79 Å². The van der Waals surface area contributed by atoms with Crippen LogP contribution in [0.25, 0.3) is 0 Å². The third-order valence-corrected chi connectivity index (χ3v) is 4.24. The largest absolute Gasteiger partial charge is 0.481 e. The predicted molar refractivity (Wildman–Crippen MR) is 79.1 cm³/mol. The number of hydrogen-bond acceptors (Lipinski definition) is 3. The standard InChI is InChI=1S/C16H22N2O3/c1-12-8-13(10-17-9-12)14(19)18-11-16(15(20)21)6-4-2-3-5-7-16/h8-10H,2-7,11H2,1H3,(H,18,19)(H,20,21). The van der Waals surface area contributed by atoms with Gasteiger partial charge in [-0.3, -0.25) is 14.6 Å². The smallest absolute Gasteiger partial charge is 0.311 e. The van der Waals surface area contributed by atoms with Crippen LogP contribution < -0.4 is 5.32 Å². The van der Waals surface area contributed by atoms with E-state index in [0.29, 0.717) is 18.4 Å². The van der Waals surface area contributed by atoms with Crippen molar-refractivity contribution in [2.45, 2.75) is 45.4 Å². The zero-order chi connectivity index (χ0) is 15.3. The minimum Gasteiger partial charge on any atom is -0.481 e. The average Bonchev–Trinajstić information content (AvgIpc) is 2.71. The molecule has 1 fully saturated rings. The molecule has 2 N–H and O–H groups in total. The van der Waals surface area contributed by atoms with Crippen molar-refractivity contribution in [2.75, 3.05) is 6.54 Å². The van der Waals surface area contributed by atoms with Gasteiger partial charge in [0.05, 0.1) is 11.0 Å². The first kappa shape index (κ1) is 15.5. The maximum Gasteiger partial charge on any atom is 0.311 e. The molecule has 1 aromatic rings. The first-order valence-electron chi connectivity index (χ1n) is 7.47. The molecule has 1 aromatic heterocycles. The third-order valence-electron chi connectivity index (χ3n) is 4.24. The van der Waals surface area contributed by atoms with Crippen molar-refractivity contribution >= 4 is 11.9 Å². The minimum atomic E-state index is -0.816. The second kappa shape index (κ2) is 6.70. The first-order valence-corrected chi connectivity index (χ1v) is 7.47. The Balaban J connectivity index is 2.04. The first-order chi connectivity index (χ1) is 10.0. The van der Waals surface area contributed by atoms with Gasteiger partial charge in [-0.2, -0.15) is 0 Å². The van der Waals surface area contributed by atoms with Crippen molar-refractivity contribution in [3.8, 4) is 0 Å². The zero-order valence-electron chi connectivity index (χ0n) is 12.4. The van der Waals surface area contributed by atoms with Gasteiger partial charge >= 0.3 is 5.97 Å². The maximum absolute atomic E-state index is 12.1. The van der Waals surface area contributed by atoms with Gasteiger partial charge in [0, 0.05) is 18.9 Å². The summed E-state index contributed by atoms with van der Waals surface area (Å²) in [6.45, 7) is 2.06. The molecule has 0 saturated heterocycles. The number of aryl methyl sites for hydroxylation is 1. The van der Waals surface area contributed by atoms with Gasteiger partial charge in [-0.25, -0.2) is 0 Å². The Hall–Kier alpha value is -1.91. The molecule has 1 saturated carbocycles. The van der Waals surface area contributed by atoms with Crippen molar-refractivity contribution < 1.29 is 14.7 Å². The molecule has 5 nitrogen and oxygen atoms in total. The Morgan fingerprint density at radius 1 is 1.24 bits per heavy atom. The quantitative estimate of drug-likeness (QED) is 0.835. The van der Waals surface area contributed by atoms with E-state index in [1.165, 1.54) is 6.20 Å². The van der Waals surface area contributed by atoms with E-state index in [2.05, 4.69) is 10.3 Å². The fourth-order valence-corrected chi connectivity index (χ4v) is 2.90. The SMILES string of the molecule is Cc1cncc(C(=O)NCC2(C(=O)O)CCCCCC2)c1. The van der Waals surface area contributed by atoms with Gasteiger partial charge in [0.25, 0.3) is 5.91 Å². The molecule has 114 valence electrons. The summed E-state index contributed by atoms with van der Waals surface area (Å²) < 4.78 is 0. The van der Waals surface area contributed by atoms with Crippen LogP contribution in [0.1, 0.15) is 54.4 Å². The molecule has 0 bridgehead atoms. The van der Waals surface area contributed by atoms with E-state index >= 15 is 0 Å². The number of nitrogens with one attached hydrogen (secondary N) is 1. The lowest BCUT2D eigenvalue weighted by atomic mass is 9.80. The average molecular weight is 290 g/mol. The van der Waals surface area contributed by atoms with Gasteiger partial charge in [0.2, 0.25) is 0 Å². The number of aliphatic carboxylic acids is 1. The number of carboxylic acids is 1. The third kappa shape index (κ3) is 3.80. The summed E-state index contributed by atoms with van der Waals surface area (Å²) in [7, 11) is 0. The van der Waals surface area contributed by atoms with Crippen molar-refractivity contribution in [1.29, 1.82) is 0 Å². The lowest BCUT2D eigenvalue weighted by Crippen LogP contribution is -2.43. The van der Waals surface area contributed by atoms with Crippen LogP contribution in [0.5, 0.6) is 0 Å². The molecule has 1 heterocycles. The number of rotatable bonds is 4. The van der Waals surface area contributed by atoms with Gasteiger partial charge in [-0.1, -0.05) is 25.7 Å². The summed E-state index contributed by atoms with van der Waals surface area (Å²) in [5, 5.41) is 12.4. The zero-order valence-corrected chi connectivity index (χ0v) is 12.4. The van der Waals surface area contributed by atoms with Crippen LogP contribution in [0, 0.1) is 12.3 Å².